The number of hydrogen-bond acceptors (Lipinski definition) is 14. The summed E-state index contributed by atoms with van der Waals surface area (Å²) in [7, 11) is 6.28. The van der Waals surface area contributed by atoms with Gasteiger partial charge in [-0.1, -0.05) is 48.6 Å². The van der Waals surface area contributed by atoms with Crippen molar-refractivity contribution in [2.24, 2.45) is 0 Å². The number of carbonyl (C=O) groups excluding carboxylic acids is 2. The fraction of sp³-hybridized carbons (Fsp3) is 0.527. The number of likely N-dealkylation sites (N-methyl/N-ethyl adjacent to an activating group) is 3. The van der Waals surface area contributed by atoms with Gasteiger partial charge < -0.3 is 49.7 Å². The second kappa shape index (κ2) is 14.9. The van der Waals surface area contributed by atoms with Gasteiger partial charge in [0.05, 0.1) is 48.3 Å². The smallest absolute Gasteiger partial charge is 0.196 e. The van der Waals surface area contributed by atoms with Crippen LogP contribution < -0.4 is 14.2 Å². The van der Waals surface area contributed by atoms with Gasteiger partial charge >= 0.3 is 0 Å². The molecule has 6 bridgehead atoms. The summed E-state index contributed by atoms with van der Waals surface area (Å²) in [5.74, 6) is 2.14. The third-order valence-electron chi connectivity index (χ3n) is 19.5. The lowest BCUT2D eigenvalue weighted by Gasteiger charge is -2.62. The topological polar surface area (TPSA) is 193 Å². The van der Waals surface area contributed by atoms with E-state index in [1.165, 1.54) is 22.8 Å². The number of aliphatic hydroxyl groups excluding tert-OH is 4. The van der Waals surface area contributed by atoms with E-state index in [0.717, 1.165) is 96.4 Å². The lowest BCUT2D eigenvalue weighted by Crippen LogP contribution is -2.76. The van der Waals surface area contributed by atoms with Crippen LogP contribution in [0.1, 0.15) is 82.2 Å². The Labute approximate surface area is 401 Å². The van der Waals surface area contributed by atoms with Gasteiger partial charge in [0, 0.05) is 57.9 Å². The van der Waals surface area contributed by atoms with Crippen molar-refractivity contribution in [1.82, 2.24) is 14.7 Å². The molecule has 0 radical (unpaired) electrons. The standard InChI is InChI=1S/C19H21NO3.C18H21NO4.C18H19NO4/c1-20-7-6-19-14-5-4-13(10-22)18(19)23-17-12(9-21)3-2-11(16(17)19)8-15(14)20;2*1-19-7-6-17-14-10-2-3-11(9-20)15(14)23-16(17)12(21)4-5-18(17,22)13(19)8-10/h2-5,15,18,21-22H,6-10H2,1H3;2-3,13,16,20,22H,4-9H2,1H3;2-5,13,16,20,22H,6-9H2,1H3/t15?,18-,19-;2*13?,16-,17-,18+/m000/s1. The number of hydrogen-bond donors (Lipinski definition) is 6. The fourth-order valence-electron chi connectivity index (χ4n) is 16.3. The second-order valence-corrected chi connectivity index (χ2v) is 22.0. The van der Waals surface area contributed by atoms with Crippen LogP contribution in [-0.2, 0) is 64.9 Å². The maximum absolute atomic E-state index is 12.6. The van der Waals surface area contributed by atoms with E-state index in [1.807, 2.05) is 43.5 Å². The Hall–Kier alpha value is -4.74. The van der Waals surface area contributed by atoms with E-state index in [0.29, 0.717) is 42.4 Å². The van der Waals surface area contributed by atoms with Crippen molar-refractivity contribution in [3.63, 3.8) is 0 Å². The van der Waals surface area contributed by atoms with Crippen LogP contribution in [0.15, 0.2) is 71.8 Å². The van der Waals surface area contributed by atoms with Gasteiger partial charge in [-0.25, -0.2) is 0 Å². The summed E-state index contributed by atoms with van der Waals surface area (Å²) in [6, 6.07) is 12.4. The number of ketones is 2. The van der Waals surface area contributed by atoms with Crippen molar-refractivity contribution >= 4 is 11.6 Å². The number of Topliss-reactive ketones (excluding diaryl/α,β-unsaturated/α-hetero) is 1. The summed E-state index contributed by atoms with van der Waals surface area (Å²) < 4.78 is 18.6. The summed E-state index contributed by atoms with van der Waals surface area (Å²) in [6.07, 6.45) is 11.8. The molecule has 6 heterocycles. The number of nitrogens with zero attached hydrogens (tertiary/aromatic N) is 3. The normalized spacial score (nSPS) is 38.2. The van der Waals surface area contributed by atoms with E-state index in [9.17, 15) is 40.2 Å². The molecule has 3 aromatic carbocycles. The molecule has 14 nitrogen and oxygen atoms in total. The van der Waals surface area contributed by atoms with Gasteiger partial charge in [-0.3, -0.25) is 19.4 Å². The first kappa shape index (κ1) is 44.2. The van der Waals surface area contributed by atoms with Crippen molar-refractivity contribution in [1.29, 1.82) is 0 Å². The van der Waals surface area contributed by atoms with E-state index < -0.39 is 34.2 Å². The van der Waals surface area contributed by atoms with Crippen LogP contribution in [0.25, 0.3) is 0 Å². The predicted molar refractivity (Wildman–Crippen MR) is 251 cm³/mol. The van der Waals surface area contributed by atoms with E-state index in [2.05, 4.69) is 40.9 Å². The van der Waals surface area contributed by atoms with E-state index in [1.54, 1.807) is 6.08 Å². The molecule has 3 spiro atoms. The molecule has 12 aliphatic rings. The van der Waals surface area contributed by atoms with Crippen LogP contribution >= 0.6 is 0 Å². The quantitative estimate of drug-likeness (QED) is 0.223. The highest BCUT2D eigenvalue weighted by atomic mass is 16.5. The average molecular weight is 940 g/mol. The molecule has 11 atom stereocenters. The Morgan fingerprint density at radius 1 is 0.594 bits per heavy atom. The van der Waals surface area contributed by atoms with Gasteiger partial charge in [0.1, 0.15) is 29.0 Å². The van der Waals surface area contributed by atoms with E-state index in [4.69, 9.17) is 14.2 Å². The zero-order chi connectivity index (χ0) is 47.7. The van der Waals surface area contributed by atoms with Crippen molar-refractivity contribution in [3.05, 3.63) is 122 Å². The van der Waals surface area contributed by atoms with Crippen molar-refractivity contribution < 1.29 is 54.4 Å². The molecule has 3 aromatic rings. The van der Waals surface area contributed by atoms with Gasteiger partial charge in [0.2, 0.25) is 0 Å². The Balaban J connectivity index is 0.000000102. The first-order chi connectivity index (χ1) is 33.3. The van der Waals surface area contributed by atoms with Crippen LogP contribution in [0.5, 0.6) is 17.2 Å². The largest absolute Gasteiger partial charge is 0.484 e. The summed E-state index contributed by atoms with van der Waals surface area (Å²) >= 11 is 0. The molecule has 15 rings (SSSR count). The molecule has 0 aromatic heterocycles. The lowest BCUT2D eigenvalue weighted by molar-refractivity contribution is -0.185. The molecule has 6 aliphatic carbocycles. The van der Waals surface area contributed by atoms with Crippen LogP contribution in [0.2, 0.25) is 0 Å². The third-order valence-corrected chi connectivity index (χ3v) is 19.5. The third kappa shape index (κ3) is 5.22. The minimum absolute atomic E-state index is 0.00797. The minimum atomic E-state index is -1.11. The lowest BCUT2D eigenvalue weighted by atomic mass is 9.49. The monoisotopic (exact) mass is 939 g/mol. The Morgan fingerprint density at radius 3 is 1.80 bits per heavy atom. The number of ether oxygens (including phenoxy) is 3. The molecule has 69 heavy (non-hydrogen) atoms. The fourth-order valence-corrected chi connectivity index (χ4v) is 16.3. The predicted octanol–water partition coefficient (Wildman–Crippen LogP) is 2.14. The second-order valence-electron chi connectivity index (χ2n) is 22.0. The van der Waals surface area contributed by atoms with E-state index >= 15 is 0 Å². The Kier molecular flexibility index (Phi) is 9.55. The molecule has 362 valence electrons. The maximum atomic E-state index is 12.6. The van der Waals surface area contributed by atoms with Gasteiger partial charge in [0.15, 0.2) is 23.8 Å². The maximum Gasteiger partial charge on any atom is 0.196 e. The number of allylic oxidation sites excluding steroid dienone is 2. The molecule has 4 fully saturated rings. The van der Waals surface area contributed by atoms with Gasteiger partial charge in [-0.2, -0.15) is 0 Å². The molecular weight excluding hydrogens is 879 g/mol. The van der Waals surface area contributed by atoms with Crippen molar-refractivity contribution in [2.45, 2.75) is 135 Å². The van der Waals surface area contributed by atoms with E-state index in [-0.39, 0.29) is 61.6 Å². The molecule has 3 unspecified atom stereocenters. The first-order valence-electron chi connectivity index (χ1n) is 24.9. The number of benzene rings is 3. The molecule has 3 saturated heterocycles. The Morgan fingerprint density at radius 2 is 1.14 bits per heavy atom. The van der Waals surface area contributed by atoms with Crippen LogP contribution in [-0.4, -0.2) is 152 Å². The molecular formula is C55H61N3O11. The van der Waals surface area contributed by atoms with Crippen LogP contribution in [0, 0.1) is 0 Å². The van der Waals surface area contributed by atoms with Gasteiger partial charge in [-0.15, -0.1) is 0 Å². The summed E-state index contributed by atoms with van der Waals surface area (Å²) in [6.45, 7) is 2.47. The molecule has 14 heteroatoms. The molecule has 6 aliphatic heterocycles. The summed E-state index contributed by atoms with van der Waals surface area (Å²) in [5, 5.41) is 62.2. The number of rotatable bonds is 4. The Bertz CT molecular complexity index is 2860. The van der Waals surface area contributed by atoms with Gasteiger partial charge in [0.25, 0.3) is 0 Å². The summed E-state index contributed by atoms with van der Waals surface area (Å²) in [5.41, 5.74) is 8.01. The van der Waals surface area contributed by atoms with Crippen molar-refractivity contribution in [2.75, 3.05) is 47.4 Å². The first-order valence-corrected chi connectivity index (χ1v) is 24.9. The number of aliphatic hydroxyl groups is 6. The number of carbonyl (C=O) groups is 2. The minimum Gasteiger partial charge on any atom is -0.484 e. The zero-order valence-corrected chi connectivity index (χ0v) is 39.4. The highest BCUT2D eigenvalue weighted by Crippen LogP contribution is 2.66. The van der Waals surface area contributed by atoms with Crippen LogP contribution in [0.4, 0.5) is 0 Å². The van der Waals surface area contributed by atoms with Crippen LogP contribution in [0.3, 0.4) is 0 Å². The van der Waals surface area contributed by atoms with Crippen molar-refractivity contribution in [3.8, 4) is 17.2 Å². The van der Waals surface area contributed by atoms with Gasteiger partial charge in [-0.05, 0) is 126 Å². The highest BCUT2D eigenvalue weighted by molar-refractivity contribution is 5.99. The zero-order valence-electron chi connectivity index (χ0n) is 39.4. The molecule has 1 saturated carbocycles. The molecule has 0 amide bonds. The summed E-state index contributed by atoms with van der Waals surface area (Å²) in [4.78, 5) is 32.0. The average Bonchev–Trinajstić information content (AvgIpc) is 4.03. The molecule has 6 N–H and O–H groups in total. The SMILES string of the molecule is CN1CC[C@@]23C4=CC=C(CO)[C@@H]2Oc2c(CO)ccc(c23)CC41.CN1CC[C@]23c4c5ccc(CO)c4O[C@H]2C(=O)C=C[C@@]3(O)C1C5.CN1CC[C@]23c4c5ccc(CO)c4O[C@H]2C(=O)CC[C@@]3(O)C1C5. The highest BCUT2D eigenvalue weighted by Gasteiger charge is 2.74. The number of piperidine rings is 3. The number of likely N-dealkylation sites (tertiary alicyclic amines) is 3.